The average molecular weight is 409 g/mol. The van der Waals surface area contributed by atoms with E-state index >= 15 is 0 Å². The van der Waals surface area contributed by atoms with Gasteiger partial charge in [0.05, 0.1) is 13.4 Å². The molecule has 0 saturated heterocycles. The quantitative estimate of drug-likeness (QED) is 0.338. The third-order valence-corrected chi connectivity index (χ3v) is 5.20. The molecule has 4 rings (SSSR count). The van der Waals surface area contributed by atoms with Crippen LogP contribution in [0.15, 0.2) is 76.5 Å². The van der Waals surface area contributed by atoms with Crippen molar-refractivity contribution in [1.82, 2.24) is 14.8 Å². The van der Waals surface area contributed by atoms with Crippen LogP contribution in [0.2, 0.25) is 0 Å². The lowest BCUT2D eigenvalue weighted by atomic mass is 10.2. The van der Waals surface area contributed by atoms with Crippen molar-refractivity contribution in [1.29, 1.82) is 0 Å². The number of ether oxygens (including phenoxy) is 1. The molecule has 2 heterocycles. The van der Waals surface area contributed by atoms with Crippen molar-refractivity contribution in [2.75, 3.05) is 7.11 Å². The molecule has 146 valence electrons. The molecule has 0 radical (unpaired) electrons. The number of furan rings is 1. The Balaban J connectivity index is 1.70. The highest BCUT2D eigenvalue weighted by atomic mass is 32.2. The molecule has 0 atom stereocenters. The Hall–Kier alpha value is -3.39. The number of carbonyl (C=O) groups is 1. The number of thioether (sulfide) groups is 1. The molecular weight excluding hydrogens is 393 g/mol. The molecule has 0 fully saturated rings. The molecule has 0 aliphatic heterocycles. The lowest BCUT2D eigenvalue weighted by Crippen LogP contribution is -2.03. The molecule has 8 heteroatoms. The Morgan fingerprint density at radius 3 is 2.59 bits per heavy atom. The molecule has 4 aromatic rings. The van der Waals surface area contributed by atoms with Gasteiger partial charge in [-0.15, -0.1) is 10.2 Å². The summed E-state index contributed by atoms with van der Waals surface area (Å²) in [4.78, 5) is 11.8. The Kier molecular flexibility index (Phi) is 5.44. The number of rotatable bonds is 6. The average Bonchev–Trinajstić information content (AvgIpc) is 3.40. The van der Waals surface area contributed by atoms with Gasteiger partial charge < -0.3 is 9.15 Å². The fourth-order valence-electron chi connectivity index (χ4n) is 2.82. The summed E-state index contributed by atoms with van der Waals surface area (Å²) in [5.41, 5.74) is 2.31. The number of methoxy groups -OCH3 is 1. The summed E-state index contributed by atoms with van der Waals surface area (Å²) in [6, 6.07) is 17.5. The zero-order chi connectivity index (χ0) is 20.2. The lowest BCUT2D eigenvalue weighted by molar-refractivity contribution is 0.0564. The molecule has 0 amide bonds. The first-order chi connectivity index (χ1) is 14.2. The minimum absolute atomic E-state index is 0.163. The monoisotopic (exact) mass is 409 g/mol. The summed E-state index contributed by atoms with van der Waals surface area (Å²) in [6.45, 7) is 0. The highest BCUT2D eigenvalue weighted by Gasteiger charge is 2.19. The minimum Gasteiger partial charge on any atom is -0.463 e. The van der Waals surface area contributed by atoms with E-state index < -0.39 is 5.97 Å². The van der Waals surface area contributed by atoms with Crippen LogP contribution in [-0.4, -0.2) is 27.8 Å². The molecule has 0 saturated carbocycles. The summed E-state index contributed by atoms with van der Waals surface area (Å²) < 4.78 is 25.3. The van der Waals surface area contributed by atoms with Gasteiger partial charge in [-0.1, -0.05) is 42.1 Å². The number of esters is 1. The van der Waals surface area contributed by atoms with Crippen LogP contribution in [0.4, 0.5) is 4.39 Å². The van der Waals surface area contributed by atoms with Crippen molar-refractivity contribution in [3.63, 3.8) is 0 Å². The maximum absolute atomic E-state index is 13.4. The fourth-order valence-corrected chi connectivity index (χ4v) is 3.76. The van der Waals surface area contributed by atoms with Crippen molar-refractivity contribution in [3.8, 4) is 17.1 Å². The molecule has 2 aromatic heterocycles. The van der Waals surface area contributed by atoms with Crippen molar-refractivity contribution in [3.05, 3.63) is 84.1 Å². The first-order valence-electron chi connectivity index (χ1n) is 8.71. The third kappa shape index (κ3) is 3.93. The number of halogens is 1. The Bertz CT molecular complexity index is 1120. The zero-order valence-electron chi connectivity index (χ0n) is 15.4. The highest BCUT2D eigenvalue weighted by Crippen LogP contribution is 2.30. The van der Waals surface area contributed by atoms with Crippen molar-refractivity contribution < 1.29 is 18.3 Å². The van der Waals surface area contributed by atoms with Gasteiger partial charge in [-0.3, -0.25) is 4.57 Å². The molecular formula is C21H16FN3O3S. The number of aromatic nitrogens is 3. The second kappa shape index (κ2) is 8.32. The van der Waals surface area contributed by atoms with Gasteiger partial charge in [-0.05, 0) is 30.3 Å². The highest BCUT2D eigenvalue weighted by molar-refractivity contribution is 7.98. The smallest absolute Gasteiger partial charge is 0.374 e. The van der Waals surface area contributed by atoms with E-state index in [0.29, 0.717) is 22.3 Å². The molecule has 0 N–H and O–H groups in total. The predicted octanol–water partition coefficient (Wildman–Crippen LogP) is 4.75. The molecule has 0 unspecified atom stereocenters. The van der Waals surface area contributed by atoms with Crippen LogP contribution in [0.3, 0.4) is 0 Å². The van der Waals surface area contributed by atoms with E-state index in [1.165, 1.54) is 37.3 Å². The van der Waals surface area contributed by atoms with Gasteiger partial charge in [0, 0.05) is 22.6 Å². The van der Waals surface area contributed by atoms with Crippen LogP contribution in [0.5, 0.6) is 0 Å². The van der Waals surface area contributed by atoms with E-state index in [0.717, 1.165) is 11.3 Å². The minimum atomic E-state index is -0.532. The molecule has 2 aromatic carbocycles. The summed E-state index contributed by atoms with van der Waals surface area (Å²) in [6.07, 6.45) is 1.45. The predicted molar refractivity (Wildman–Crippen MR) is 106 cm³/mol. The van der Waals surface area contributed by atoms with E-state index in [-0.39, 0.29) is 11.6 Å². The fraction of sp³-hybridized carbons (Fsp3) is 0.0952. The van der Waals surface area contributed by atoms with Gasteiger partial charge in [0.25, 0.3) is 0 Å². The Labute approximate surface area is 170 Å². The molecule has 0 aliphatic rings. The largest absolute Gasteiger partial charge is 0.463 e. The second-order valence-electron chi connectivity index (χ2n) is 6.04. The summed E-state index contributed by atoms with van der Waals surface area (Å²) in [5, 5.41) is 9.27. The summed E-state index contributed by atoms with van der Waals surface area (Å²) in [5.74, 6) is 0.375. The van der Waals surface area contributed by atoms with Crippen molar-refractivity contribution >= 4 is 17.7 Å². The van der Waals surface area contributed by atoms with Crippen LogP contribution in [0, 0.1) is 5.82 Å². The number of carbonyl (C=O) groups excluding carboxylic acids is 1. The molecule has 0 bridgehead atoms. The number of hydrogen-bond acceptors (Lipinski definition) is 6. The van der Waals surface area contributed by atoms with Crippen LogP contribution in [0.25, 0.3) is 17.1 Å². The first-order valence-corrected chi connectivity index (χ1v) is 9.70. The van der Waals surface area contributed by atoms with Crippen molar-refractivity contribution in [2.45, 2.75) is 10.9 Å². The second-order valence-corrected chi connectivity index (χ2v) is 6.98. The van der Waals surface area contributed by atoms with Crippen LogP contribution in [0.1, 0.15) is 16.1 Å². The normalized spacial score (nSPS) is 10.8. The zero-order valence-corrected chi connectivity index (χ0v) is 16.2. The topological polar surface area (TPSA) is 70.2 Å². The standard InChI is InChI=1S/C21H16FN3O3S/c1-27-20(26)18-15(11-12-28-18)13-29-21-24-23-19(14-5-3-2-4-6-14)25(21)17-9-7-16(22)8-10-17/h2-12H,13H2,1H3. The third-order valence-electron chi connectivity index (χ3n) is 4.22. The van der Waals surface area contributed by atoms with Gasteiger partial charge in [0.1, 0.15) is 5.82 Å². The number of benzene rings is 2. The Morgan fingerprint density at radius 2 is 1.86 bits per heavy atom. The maximum atomic E-state index is 13.4. The molecule has 29 heavy (non-hydrogen) atoms. The maximum Gasteiger partial charge on any atom is 0.374 e. The molecule has 0 aliphatic carbocycles. The molecule has 6 nitrogen and oxygen atoms in total. The van der Waals surface area contributed by atoms with Gasteiger partial charge in [0.15, 0.2) is 11.0 Å². The van der Waals surface area contributed by atoms with Crippen molar-refractivity contribution in [2.24, 2.45) is 0 Å². The number of hydrogen-bond donors (Lipinski definition) is 0. The van der Waals surface area contributed by atoms with E-state index in [9.17, 15) is 9.18 Å². The lowest BCUT2D eigenvalue weighted by Gasteiger charge is -2.10. The number of nitrogens with zero attached hydrogens (tertiary/aromatic N) is 3. The van der Waals surface area contributed by atoms with Crippen LogP contribution < -0.4 is 0 Å². The van der Waals surface area contributed by atoms with E-state index in [1.54, 1.807) is 18.2 Å². The van der Waals surface area contributed by atoms with Crippen LogP contribution >= 0.6 is 11.8 Å². The summed E-state index contributed by atoms with van der Waals surface area (Å²) >= 11 is 1.39. The SMILES string of the molecule is COC(=O)c1occc1CSc1nnc(-c2ccccc2)n1-c1ccc(F)cc1. The molecule has 0 spiro atoms. The van der Waals surface area contributed by atoms with Crippen LogP contribution in [-0.2, 0) is 10.5 Å². The van der Waals surface area contributed by atoms with E-state index in [1.807, 2.05) is 34.9 Å². The summed E-state index contributed by atoms with van der Waals surface area (Å²) in [7, 11) is 1.30. The van der Waals surface area contributed by atoms with Gasteiger partial charge in [0.2, 0.25) is 5.76 Å². The van der Waals surface area contributed by atoms with E-state index in [4.69, 9.17) is 9.15 Å². The Morgan fingerprint density at radius 1 is 1.10 bits per heavy atom. The van der Waals surface area contributed by atoms with Gasteiger partial charge >= 0.3 is 5.97 Å². The van der Waals surface area contributed by atoms with Gasteiger partial charge in [-0.2, -0.15) is 0 Å². The van der Waals surface area contributed by atoms with Gasteiger partial charge in [-0.25, -0.2) is 9.18 Å². The van der Waals surface area contributed by atoms with E-state index in [2.05, 4.69) is 10.2 Å². The first kappa shape index (κ1) is 18.9.